The Morgan fingerprint density at radius 3 is 2.60 bits per heavy atom. The molecule has 3 nitrogen and oxygen atoms in total. The number of aromatic nitrogens is 2. The maximum absolute atomic E-state index is 13.3. The number of rotatable bonds is 1. The number of halogens is 2. The summed E-state index contributed by atoms with van der Waals surface area (Å²) in [5, 5.41) is 8.88. The highest BCUT2D eigenvalue weighted by Crippen LogP contribution is 2.25. The van der Waals surface area contributed by atoms with Crippen LogP contribution in [0.3, 0.4) is 0 Å². The van der Waals surface area contributed by atoms with Crippen LogP contribution in [-0.4, -0.2) is 9.55 Å². The van der Waals surface area contributed by atoms with Crippen LogP contribution >= 0.6 is 0 Å². The average molecular weight is 269 g/mol. The lowest BCUT2D eigenvalue weighted by Gasteiger charge is -2.03. The molecule has 0 N–H and O–H groups in total. The van der Waals surface area contributed by atoms with E-state index in [0.717, 1.165) is 17.6 Å². The lowest BCUT2D eigenvalue weighted by Crippen LogP contribution is -1.94. The van der Waals surface area contributed by atoms with Crippen LogP contribution in [0.2, 0.25) is 0 Å². The number of aryl methyl sites for hydroxylation is 1. The van der Waals surface area contributed by atoms with Crippen molar-refractivity contribution in [1.29, 1.82) is 5.26 Å². The van der Waals surface area contributed by atoms with Crippen LogP contribution in [0.25, 0.3) is 22.4 Å². The average Bonchev–Trinajstić information content (AvgIpc) is 2.78. The van der Waals surface area contributed by atoms with Crippen molar-refractivity contribution in [3.63, 3.8) is 0 Å². The molecule has 0 aliphatic heterocycles. The highest BCUT2D eigenvalue weighted by molar-refractivity contribution is 5.81. The lowest BCUT2D eigenvalue weighted by molar-refractivity contribution is 0.509. The molecule has 0 unspecified atom stereocenters. The predicted octanol–water partition coefficient (Wildman–Crippen LogP) is 3.39. The second-order valence-corrected chi connectivity index (χ2v) is 4.44. The largest absolute Gasteiger partial charge is 0.327 e. The Hall–Kier alpha value is -2.74. The number of hydrogen-bond acceptors (Lipinski definition) is 2. The minimum Gasteiger partial charge on any atom is -0.327 e. The first-order valence-corrected chi connectivity index (χ1v) is 5.92. The smallest absolute Gasteiger partial charge is 0.159 e. The predicted molar refractivity (Wildman–Crippen MR) is 70.8 cm³/mol. The van der Waals surface area contributed by atoms with Crippen molar-refractivity contribution in [3.8, 4) is 17.5 Å². The lowest BCUT2D eigenvalue weighted by atomic mass is 10.2. The van der Waals surface area contributed by atoms with Crippen LogP contribution < -0.4 is 0 Å². The third-order valence-electron chi connectivity index (χ3n) is 3.19. The number of nitrogens with zero attached hydrogens (tertiary/aromatic N) is 3. The first-order chi connectivity index (χ1) is 9.60. The van der Waals surface area contributed by atoms with E-state index >= 15 is 0 Å². The molecule has 2 aromatic carbocycles. The van der Waals surface area contributed by atoms with E-state index in [0.29, 0.717) is 22.5 Å². The Labute approximate surface area is 113 Å². The quantitative estimate of drug-likeness (QED) is 0.679. The highest BCUT2D eigenvalue weighted by atomic mass is 19.2. The van der Waals surface area contributed by atoms with Crippen molar-refractivity contribution < 1.29 is 8.78 Å². The third-order valence-corrected chi connectivity index (χ3v) is 3.19. The molecule has 0 bridgehead atoms. The van der Waals surface area contributed by atoms with Crippen LogP contribution in [0.1, 0.15) is 5.56 Å². The van der Waals surface area contributed by atoms with Crippen LogP contribution in [0.15, 0.2) is 36.4 Å². The van der Waals surface area contributed by atoms with E-state index in [9.17, 15) is 8.78 Å². The van der Waals surface area contributed by atoms with E-state index in [-0.39, 0.29) is 0 Å². The summed E-state index contributed by atoms with van der Waals surface area (Å²) < 4.78 is 28.1. The molecule has 0 amide bonds. The minimum absolute atomic E-state index is 0.487. The standard InChI is InChI=1S/C15H9F2N3/c1-20-14-5-2-9(8-18)6-13(14)19-15(20)10-3-4-11(16)12(17)7-10/h2-7H,1H3. The van der Waals surface area contributed by atoms with Crippen molar-refractivity contribution in [1.82, 2.24) is 9.55 Å². The molecule has 0 aliphatic carbocycles. The molecule has 0 spiro atoms. The topological polar surface area (TPSA) is 41.6 Å². The molecular weight excluding hydrogens is 260 g/mol. The van der Waals surface area contributed by atoms with Gasteiger partial charge in [-0.25, -0.2) is 13.8 Å². The van der Waals surface area contributed by atoms with Gasteiger partial charge in [-0.2, -0.15) is 5.26 Å². The summed E-state index contributed by atoms with van der Waals surface area (Å²) in [4.78, 5) is 4.38. The molecule has 20 heavy (non-hydrogen) atoms. The van der Waals surface area contributed by atoms with Gasteiger partial charge in [-0.05, 0) is 36.4 Å². The zero-order chi connectivity index (χ0) is 14.3. The van der Waals surface area contributed by atoms with E-state index in [1.54, 1.807) is 29.8 Å². The van der Waals surface area contributed by atoms with Gasteiger partial charge in [0.15, 0.2) is 11.6 Å². The first kappa shape index (κ1) is 12.3. The molecule has 0 saturated carbocycles. The van der Waals surface area contributed by atoms with Crippen LogP contribution in [-0.2, 0) is 7.05 Å². The number of fused-ring (bicyclic) bond motifs is 1. The fraction of sp³-hybridized carbons (Fsp3) is 0.0667. The minimum atomic E-state index is -0.910. The fourth-order valence-corrected chi connectivity index (χ4v) is 2.16. The summed E-state index contributed by atoms with van der Waals surface area (Å²) in [6.07, 6.45) is 0. The monoisotopic (exact) mass is 269 g/mol. The van der Waals surface area contributed by atoms with Crippen molar-refractivity contribution in [2.75, 3.05) is 0 Å². The van der Waals surface area contributed by atoms with E-state index in [4.69, 9.17) is 5.26 Å². The van der Waals surface area contributed by atoms with Gasteiger partial charge in [-0.15, -0.1) is 0 Å². The van der Waals surface area contributed by atoms with Crippen LogP contribution in [0.5, 0.6) is 0 Å². The Kier molecular flexibility index (Phi) is 2.72. The molecule has 98 valence electrons. The van der Waals surface area contributed by atoms with E-state index in [2.05, 4.69) is 4.98 Å². The van der Waals surface area contributed by atoms with Crippen molar-refractivity contribution in [2.45, 2.75) is 0 Å². The fourth-order valence-electron chi connectivity index (χ4n) is 2.16. The van der Waals surface area contributed by atoms with Gasteiger partial charge < -0.3 is 4.57 Å². The van der Waals surface area contributed by atoms with Crippen LogP contribution in [0.4, 0.5) is 8.78 Å². The third kappa shape index (κ3) is 1.82. The zero-order valence-electron chi connectivity index (χ0n) is 10.6. The summed E-state index contributed by atoms with van der Waals surface area (Å²) in [5.41, 5.74) is 2.46. The second-order valence-electron chi connectivity index (χ2n) is 4.44. The molecule has 1 heterocycles. The van der Waals surface area contributed by atoms with Crippen molar-refractivity contribution >= 4 is 11.0 Å². The second kappa shape index (κ2) is 4.42. The molecule has 0 fully saturated rings. The van der Waals surface area contributed by atoms with Crippen molar-refractivity contribution in [3.05, 3.63) is 53.6 Å². The summed E-state index contributed by atoms with van der Waals surface area (Å²) in [5.74, 6) is -1.28. The number of imidazole rings is 1. The van der Waals surface area contributed by atoms with Gasteiger partial charge in [-0.1, -0.05) is 0 Å². The SMILES string of the molecule is Cn1c(-c2ccc(F)c(F)c2)nc2cc(C#N)ccc21. The molecule has 3 aromatic rings. The Bertz CT molecular complexity index is 859. The van der Waals surface area contributed by atoms with E-state index < -0.39 is 11.6 Å². The molecule has 3 rings (SSSR count). The number of nitriles is 1. The zero-order valence-corrected chi connectivity index (χ0v) is 10.6. The van der Waals surface area contributed by atoms with Crippen molar-refractivity contribution in [2.24, 2.45) is 7.05 Å². The number of benzene rings is 2. The van der Waals surface area contributed by atoms with Gasteiger partial charge in [0.05, 0.1) is 22.7 Å². The normalized spacial score (nSPS) is 10.7. The molecule has 5 heteroatoms. The Morgan fingerprint density at radius 2 is 1.90 bits per heavy atom. The summed E-state index contributed by atoms with van der Waals surface area (Å²) >= 11 is 0. The molecular formula is C15H9F2N3. The molecule has 0 aliphatic rings. The van der Waals surface area contributed by atoms with Gasteiger partial charge in [0, 0.05) is 12.6 Å². The summed E-state index contributed by atoms with van der Waals surface area (Å²) in [6, 6.07) is 10.9. The molecule has 0 radical (unpaired) electrons. The summed E-state index contributed by atoms with van der Waals surface area (Å²) in [6.45, 7) is 0. The summed E-state index contributed by atoms with van der Waals surface area (Å²) in [7, 11) is 1.79. The van der Waals surface area contributed by atoms with Crippen LogP contribution in [0, 0.1) is 23.0 Å². The highest BCUT2D eigenvalue weighted by Gasteiger charge is 2.12. The molecule has 0 atom stereocenters. The molecule has 1 aromatic heterocycles. The number of hydrogen-bond donors (Lipinski definition) is 0. The van der Waals surface area contributed by atoms with Gasteiger partial charge in [0.2, 0.25) is 0 Å². The Balaban J connectivity index is 2.23. The maximum atomic E-state index is 13.3. The maximum Gasteiger partial charge on any atom is 0.159 e. The first-order valence-electron chi connectivity index (χ1n) is 5.92. The van der Waals surface area contributed by atoms with Gasteiger partial charge in [0.25, 0.3) is 0 Å². The molecule has 0 saturated heterocycles. The van der Waals surface area contributed by atoms with Gasteiger partial charge >= 0.3 is 0 Å². The van der Waals surface area contributed by atoms with Gasteiger partial charge in [0.1, 0.15) is 5.82 Å². The Morgan fingerprint density at radius 1 is 1.10 bits per heavy atom. The van der Waals surface area contributed by atoms with E-state index in [1.807, 2.05) is 6.07 Å². The van der Waals surface area contributed by atoms with Gasteiger partial charge in [-0.3, -0.25) is 0 Å². The van der Waals surface area contributed by atoms with E-state index in [1.165, 1.54) is 6.07 Å².